The molecule has 21 nitrogen and oxygen atoms in total. The van der Waals surface area contributed by atoms with Crippen LogP contribution in [0.1, 0.15) is 64.5 Å². The zero-order chi connectivity index (χ0) is 78.5. The number of primary amides is 2. The molecule has 111 heavy (non-hydrogen) atoms. The van der Waals surface area contributed by atoms with E-state index in [2.05, 4.69) is 48.1 Å². The maximum Gasteiger partial charge on any atom is 0.337 e. The molecule has 8 aromatic carbocycles. The second-order valence-electron chi connectivity index (χ2n) is 26.3. The number of methoxy groups -OCH3 is 5. The van der Waals surface area contributed by atoms with Crippen molar-refractivity contribution in [3.05, 3.63) is 266 Å². The van der Waals surface area contributed by atoms with E-state index >= 15 is 0 Å². The highest BCUT2D eigenvalue weighted by atomic mass is 35.5. The molecule has 2 amide bonds. The number of hydrogen-bond acceptors (Lipinski definition) is 17. The summed E-state index contributed by atoms with van der Waals surface area (Å²) in [7, 11) is 9.80. The fraction of sp³-hybridized carbons (Fsp3) is 0.141. The molecule has 8 heterocycles. The first-order valence-electron chi connectivity index (χ1n) is 34.6. The van der Waals surface area contributed by atoms with Crippen molar-refractivity contribution in [3.63, 3.8) is 0 Å². The van der Waals surface area contributed by atoms with Crippen molar-refractivity contribution in [1.29, 1.82) is 0 Å². The highest BCUT2D eigenvalue weighted by molar-refractivity contribution is 7.14. The number of ether oxygens (including phenoxy) is 5. The summed E-state index contributed by atoms with van der Waals surface area (Å²) >= 11 is 17.0. The molecule has 0 aliphatic rings. The van der Waals surface area contributed by atoms with Crippen LogP contribution in [0, 0.1) is 10.1 Å². The Morgan fingerprint density at radius 1 is 0.495 bits per heavy atom. The van der Waals surface area contributed by atoms with Gasteiger partial charge in [0.05, 0.1) is 95.1 Å². The maximum absolute atomic E-state index is 12.2. The normalized spacial score (nSPS) is 11.2. The molecule has 0 aliphatic heterocycles. The van der Waals surface area contributed by atoms with Gasteiger partial charge in [-0.3, -0.25) is 24.7 Å². The Morgan fingerprint density at radius 2 is 0.946 bits per heavy atom. The van der Waals surface area contributed by atoms with Crippen molar-refractivity contribution in [2.45, 2.75) is 39.7 Å². The number of amides is 2. The van der Waals surface area contributed by atoms with Crippen molar-refractivity contribution in [3.8, 4) is 99.9 Å². The number of thiazole rings is 3. The number of pyridine rings is 1. The molecule has 560 valence electrons. The highest BCUT2D eigenvalue weighted by Gasteiger charge is 2.28. The van der Waals surface area contributed by atoms with Gasteiger partial charge < -0.3 is 53.4 Å². The minimum absolute atomic E-state index is 0.0402. The third kappa shape index (κ3) is 16.1. The Bertz CT molecular complexity index is 6150. The highest BCUT2D eigenvalue weighted by Crippen LogP contribution is 2.44. The van der Waals surface area contributed by atoms with Crippen LogP contribution in [0.4, 0.5) is 5.69 Å². The Labute approximate surface area is 660 Å². The lowest BCUT2D eigenvalue weighted by molar-refractivity contribution is -0.382. The predicted molar refractivity (Wildman–Crippen MR) is 444 cm³/mol. The summed E-state index contributed by atoms with van der Waals surface area (Å²) < 4.78 is 34.0. The standard InChI is InChI=1S/C25H17Cl2N3O2S.C25H19N3O3S.C18H18N2O4.C17H19N3OS/c1-32-17-6-4-16(5-7-17)30-12-19(18-8-2-15(24(28)31)11-23(18)30)25-29-22(13-33-25)14-3-9-20(26)21(27)10-14;1-30-19-6-4-18(5-7-19)28-14-21(20-8-3-17(13-23(20)28)25(29)31-2)24-27-22(15-32-24)16-9-11-26-12-10-16;1-4-19-16-11-14(24-3)9-10-15(16)18(20(21)22)17(19)12-5-7-13(23-2)8-6-12;1-17(2,3)14-9-22-16(19-14)12-8-20(4)13-7-10(15(18)21)5-6-11(12)13/h2-13H,1H3,(H2,28,31);3-15H,1-2H3;5-11H,4H2,1-3H3;5-9H,1-4H3,(H2,18,21). The van der Waals surface area contributed by atoms with Crippen molar-refractivity contribution in [2.75, 3.05) is 35.5 Å². The number of fused-ring (bicyclic) bond motifs is 4. The number of rotatable bonds is 17. The third-order valence-corrected chi connectivity index (χ3v) is 21.9. The van der Waals surface area contributed by atoms with Crippen molar-refractivity contribution >= 4 is 124 Å². The molecule has 0 radical (unpaired) electrons. The average molecular weight is 1580 g/mol. The van der Waals surface area contributed by atoms with E-state index in [1.165, 1.54) is 18.4 Å². The number of nitrogens with two attached hydrogens (primary N) is 2. The quantitative estimate of drug-likeness (QED) is 0.0488. The molecule has 16 aromatic rings. The second kappa shape index (κ2) is 32.8. The van der Waals surface area contributed by atoms with Crippen LogP contribution in [0.5, 0.6) is 23.0 Å². The summed E-state index contributed by atoms with van der Waals surface area (Å²) in [5.74, 6) is 1.67. The number of aromatic nitrogens is 8. The first-order valence-corrected chi connectivity index (χ1v) is 38.0. The molecule has 0 spiro atoms. The van der Waals surface area contributed by atoms with Gasteiger partial charge in [-0.2, -0.15) is 0 Å². The van der Waals surface area contributed by atoms with Crippen LogP contribution in [-0.2, 0) is 23.7 Å². The van der Waals surface area contributed by atoms with Crippen molar-refractivity contribution in [2.24, 2.45) is 18.5 Å². The van der Waals surface area contributed by atoms with Crippen LogP contribution in [0.15, 0.2) is 223 Å². The fourth-order valence-corrected chi connectivity index (χ4v) is 15.9. The molecular weight excluding hydrogens is 1500 g/mol. The van der Waals surface area contributed by atoms with E-state index < -0.39 is 11.8 Å². The number of nitro groups is 1. The SMILES string of the molecule is CCn1c(-c2ccc(OC)cc2)c([N+](=O)[O-])c2ccc(OC)cc21.COC(=O)c1ccc2c(-c3nc(-c4ccncc4)cs3)cn(-c3ccc(OC)cc3)c2c1.COc1ccc(-n2cc(-c3nc(-c4ccc(Cl)c(Cl)c4)cs3)c3ccc(C(N)=O)cc32)cc1.Cn1cc(-c2nc(C(C)(C)C)cs2)c2ccc(C(N)=O)cc21. The topological polar surface area (TPSA) is 264 Å². The number of esters is 1. The van der Waals surface area contributed by atoms with Gasteiger partial charge in [0, 0.05) is 150 Å². The number of carbonyl (C=O) groups excluding carboxylic acids is 3. The van der Waals surface area contributed by atoms with E-state index in [1.54, 1.807) is 118 Å². The Balaban J connectivity index is 0.000000132. The predicted octanol–water partition coefficient (Wildman–Crippen LogP) is 20.4. The number of aryl methyl sites for hydroxylation is 2. The van der Waals surface area contributed by atoms with Gasteiger partial charge in [-0.25, -0.2) is 19.7 Å². The number of halogens is 2. The van der Waals surface area contributed by atoms with Crippen LogP contribution < -0.4 is 30.4 Å². The van der Waals surface area contributed by atoms with Gasteiger partial charge in [-0.05, 0) is 153 Å². The molecule has 4 N–H and O–H groups in total. The number of nitrogens with zero attached hydrogens (tertiary/aromatic N) is 9. The van der Waals surface area contributed by atoms with Gasteiger partial charge in [0.1, 0.15) is 43.7 Å². The first kappa shape index (κ1) is 76.7. The molecular formula is C85H73Cl2N11O10S3. The van der Waals surface area contributed by atoms with Crippen molar-refractivity contribution in [1.82, 2.24) is 38.2 Å². The lowest BCUT2D eigenvalue weighted by atomic mass is 9.93. The molecule has 0 saturated carbocycles. The summed E-state index contributed by atoms with van der Waals surface area (Å²) in [5, 5.41) is 25.3. The summed E-state index contributed by atoms with van der Waals surface area (Å²) in [5.41, 5.74) is 27.1. The zero-order valence-corrected chi connectivity index (χ0v) is 65.8. The van der Waals surface area contributed by atoms with Gasteiger partial charge in [-0.1, -0.05) is 68.2 Å². The van der Waals surface area contributed by atoms with Gasteiger partial charge in [0.15, 0.2) is 0 Å². The number of carbonyl (C=O) groups is 3. The second-order valence-corrected chi connectivity index (χ2v) is 29.7. The first-order chi connectivity index (χ1) is 53.5. The van der Waals surface area contributed by atoms with Gasteiger partial charge in [0.2, 0.25) is 11.8 Å². The zero-order valence-electron chi connectivity index (χ0n) is 61.8. The Hall–Kier alpha value is -12.5. The van der Waals surface area contributed by atoms with E-state index in [0.29, 0.717) is 55.9 Å². The fourth-order valence-electron chi connectivity index (χ4n) is 12.8. The molecule has 26 heteroatoms. The molecule has 0 unspecified atom stereocenters. The minimum Gasteiger partial charge on any atom is -0.497 e. The molecule has 0 saturated heterocycles. The molecule has 8 aromatic heterocycles. The lowest BCUT2D eigenvalue weighted by Crippen LogP contribution is -2.11. The summed E-state index contributed by atoms with van der Waals surface area (Å²) in [6.45, 7) is 9.06. The van der Waals surface area contributed by atoms with Gasteiger partial charge in [0.25, 0.3) is 0 Å². The molecule has 0 fully saturated rings. The average Bonchev–Trinajstić information content (AvgIpc) is 1.63. The summed E-state index contributed by atoms with van der Waals surface area (Å²) in [6.07, 6.45) is 9.66. The minimum atomic E-state index is -0.475. The van der Waals surface area contributed by atoms with E-state index in [9.17, 15) is 24.5 Å². The van der Waals surface area contributed by atoms with Crippen LogP contribution in [0.25, 0.3) is 120 Å². The van der Waals surface area contributed by atoms with E-state index in [4.69, 9.17) is 73.3 Å². The molecule has 0 aliphatic carbocycles. The van der Waals surface area contributed by atoms with E-state index in [-0.39, 0.29) is 22.0 Å². The Morgan fingerprint density at radius 3 is 1.43 bits per heavy atom. The monoisotopic (exact) mass is 1570 g/mol. The molecule has 16 rings (SSSR count). The smallest absolute Gasteiger partial charge is 0.337 e. The maximum atomic E-state index is 12.2. The third-order valence-electron chi connectivity index (χ3n) is 18.6. The number of hydrogen-bond donors (Lipinski definition) is 2. The Kier molecular flexibility index (Phi) is 22.7. The van der Waals surface area contributed by atoms with Gasteiger partial charge in [-0.15, -0.1) is 34.0 Å². The molecule has 0 atom stereocenters. The lowest BCUT2D eigenvalue weighted by Gasteiger charge is -2.14. The van der Waals surface area contributed by atoms with E-state index in [0.717, 1.165) is 127 Å². The van der Waals surface area contributed by atoms with Crippen LogP contribution >= 0.6 is 57.2 Å². The summed E-state index contributed by atoms with van der Waals surface area (Å²) in [4.78, 5) is 65.4. The molecule has 0 bridgehead atoms. The van der Waals surface area contributed by atoms with Crippen LogP contribution in [0.3, 0.4) is 0 Å². The largest absolute Gasteiger partial charge is 0.497 e. The summed E-state index contributed by atoms with van der Waals surface area (Å²) in [6, 6.07) is 54.0. The van der Waals surface area contributed by atoms with Gasteiger partial charge >= 0.3 is 11.7 Å². The van der Waals surface area contributed by atoms with Crippen LogP contribution in [-0.4, -0.2) is 96.5 Å². The number of benzene rings is 8. The van der Waals surface area contributed by atoms with Crippen LogP contribution in [0.2, 0.25) is 10.0 Å². The van der Waals surface area contributed by atoms with Crippen molar-refractivity contribution < 1.29 is 43.0 Å². The van der Waals surface area contributed by atoms with E-state index in [1.807, 2.05) is 166 Å².